The summed E-state index contributed by atoms with van der Waals surface area (Å²) in [4.78, 5) is 23.7. The summed E-state index contributed by atoms with van der Waals surface area (Å²) in [6.45, 7) is 4.68. The summed E-state index contributed by atoms with van der Waals surface area (Å²) in [5.74, 6) is -1.81. The smallest absolute Gasteiger partial charge is 0.307 e. The highest BCUT2D eigenvalue weighted by molar-refractivity contribution is 7.10. The number of carbonyl (C=O) groups is 2. The second kappa shape index (κ2) is 4.72. The Morgan fingerprint density at radius 2 is 2.22 bits per heavy atom. The van der Waals surface area contributed by atoms with E-state index in [4.69, 9.17) is 5.11 Å². The molecule has 2 atom stereocenters. The van der Waals surface area contributed by atoms with Crippen molar-refractivity contribution in [3.05, 3.63) is 22.4 Å². The molecule has 0 radical (unpaired) electrons. The minimum absolute atomic E-state index is 0.114. The van der Waals surface area contributed by atoms with Crippen LogP contribution in [0.15, 0.2) is 17.5 Å². The summed E-state index contributed by atoms with van der Waals surface area (Å²) in [5, 5.41) is 13.6. The zero-order valence-corrected chi connectivity index (χ0v) is 11.3. The Kier molecular flexibility index (Phi) is 3.43. The minimum Gasteiger partial charge on any atom is -0.481 e. The first-order valence-corrected chi connectivity index (χ1v) is 6.84. The number of nitrogens with one attached hydrogen (secondary N) is 1. The van der Waals surface area contributed by atoms with Crippen molar-refractivity contribution >= 4 is 23.2 Å². The van der Waals surface area contributed by atoms with Crippen LogP contribution >= 0.6 is 11.3 Å². The summed E-state index contributed by atoms with van der Waals surface area (Å²) >= 11 is 1.67. The van der Waals surface area contributed by atoms with Gasteiger partial charge in [0, 0.05) is 16.8 Å². The standard InChI is InChI=1S/C13H17NO3S/c1-13(2,10-4-3-5-18-10)7-14-11(15)8-6-9(8)12(16)17/h3-5,8-9H,6-7H2,1-2H3,(H,14,15)(H,16,17)/t8-,9+/m1/s1. The molecule has 0 spiro atoms. The van der Waals surface area contributed by atoms with Crippen LogP contribution in [0.1, 0.15) is 25.1 Å². The van der Waals surface area contributed by atoms with Crippen molar-refractivity contribution in [2.75, 3.05) is 6.54 Å². The fourth-order valence-electron chi connectivity index (χ4n) is 1.95. The molecular formula is C13H17NO3S. The van der Waals surface area contributed by atoms with E-state index in [1.54, 1.807) is 11.3 Å². The van der Waals surface area contributed by atoms with Gasteiger partial charge in [0.15, 0.2) is 0 Å². The molecule has 2 N–H and O–H groups in total. The van der Waals surface area contributed by atoms with Crippen molar-refractivity contribution < 1.29 is 14.7 Å². The van der Waals surface area contributed by atoms with E-state index in [2.05, 4.69) is 19.2 Å². The lowest BCUT2D eigenvalue weighted by Gasteiger charge is -2.23. The highest BCUT2D eigenvalue weighted by Gasteiger charge is 2.48. The first-order chi connectivity index (χ1) is 8.42. The van der Waals surface area contributed by atoms with E-state index in [0.29, 0.717) is 13.0 Å². The van der Waals surface area contributed by atoms with Crippen LogP contribution in [0.5, 0.6) is 0 Å². The van der Waals surface area contributed by atoms with E-state index in [1.807, 2.05) is 17.5 Å². The summed E-state index contributed by atoms with van der Waals surface area (Å²) < 4.78 is 0. The van der Waals surface area contributed by atoms with Gasteiger partial charge in [-0.2, -0.15) is 0 Å². The van der Waals surface area contributed by atoms with Gasteiger partial charge < -0.3 is 10.4 Å². The maximum atomic E-state index is 11.8. The zero-order chi connectivity index (χ0) is 13.3. The number of carbonyl (C=O) groups excluding carboxylic acids is 1. The molecule has 0 aliphatic heterocycles. The Morgan fingerprint density at radius 3 is 2.72 bits per heavy atom. The van der Waals surface area contributed by atoms with E-state index in [9.17, 15) is 9.59 Å². The van der Waals surface area contributed by atoms with Crippen LogP contribution in [0.3, 0.4) is 0 Å². The van der Waals surface area contributed by atoms with E-state index in [0.717, 1.165) is 0 Å². The molecule has 2 rings (SSSR count). The number of rotatable bonds is 5. The number of thiophene rings is 1. The molecule has 1 aromatic rings. The fraction of sp³-hybridized carbons (Fsp3) is 0.538. The highest BCUT2D eigenvalue weighted by atomic mass is 32.1. The lowest BCUT2D eigenvalue weighted by molar-refractivity contribution is -0.140. The van der Waals surface area contributed by atoms with Crippen molar-refractivity contribution in [2.45, 2.75) is 25.7 Å². The van der Waals surface area contributed by atoms with Crippen LogP contribution in [0, 0.1) is 11.8 Å². The summed E-state index contributed by atoms with van der Waals surface area (Å²) in [5.41, 5.74) is -0.114. The third kappa shape index (κ3) is 2.72. The van der Waals surface area contributed by atoms with Gasteiger partial charge in [0.05, 0.1) is 11.8 Å². The molecule has 0 unspecified atom stereocenters. The SMILES string of the molecule is CC(C)(CNC(=O)[C@@H]1C[C@@H]1C(=O)O)c1cccs1. The van der Waals surface area contributed by atoms with Crippen LogP contribution in [-0.2, 0) is 15.0 Å². The van der Waals surface area contributed by atoms with Crippen molar-refractivity contribution in [3.8, 4) is 0 Å². The van der Waals surface area contributed by atoms with Crippen molar-refractivity contribution in [1.29, 1.82) is 0 Å². The molecule has 0 aromatic carbocycles. The van der Waals surface area contributed by atoms with Crippen molar-refractivity contribution in [3.63, 3.8) is 0 Å². The lowest BCUT2D eigenvalue weighted by atomic mass is 9.91. The molecule has 1 fully saturated rings. The first-order valence-electron chi connectivity index (χ1n) is 5.96. The molecule has 0 bridgehead atoms. The van der Waals surface area contributed by atoms with Gasteiger partial charge in [-0.15, -0.1) is 11.3 Å². The van der Waals surface area contributed by atoms with E-state index in [-0.39, 0.29) is 17.2 Å². The number of carboxylic acid groups (broad SMARTS) is 1. The minimum atomic E-state index is -0.868. The van der Waals surface area contributed by atoms with E-state index in [1.165, 1.54) is 4.88 Å². The molecule has 1 saturated carbocycles. The molecule has 4 nitrogen and oxygen atoms in total. The summed E-state index contributed by atoms with van der Waals surface area (Å²) in [6, 6.07) is 4.04. The maximum absolute atomic E-state index is 11.8. The Balaban J connectivity index is 1.85. The average molecular weight is 267 g/mol. The quantitative estimate of drug-likeness (QED) is 0.855. The van der Waals surface area contributed by atoms with Gasteiger partial charge >= 0.3 is 5.97 Å². The van der Waals surface area contributed by atoms with Gasteiger partial charge in [-0.3, -0.25) is 9.59 Å². The maximum Gasteiger partial charge on any atom is 0.307 e. The fourth-order valence-corrected chi connectivity index (χ4v) is 2.80. The molecule has 1 aliphatic carbocycles. The molecule has 1 aromatic heterocycles. The average Bonchev–Trinajstić information content (AvgIpc) is 2.92. The van der Waals surface area contributed by atoms with Gasteiger partial charge in [0.2, 0.25) is 5.91 Å². The number of carboxylic acids is 1. The second-order valence-corrected chi connectivity index (χ2v) is 6.31. The second-order valence-electron chi connectivity index (χ2n) is 5.37. The number of amides is 1. The Labute approximate surface area is 110 Å². The zero-order valence-electron chi connectivity index (χ0n) is 10.5. The van der Waals surface area contributed by atoms with Gasteiger partial charge in [-0.1, -0.05) is 19.9 Å². The molecule has 98 valence electrons. The van der Waals surface area contributed by atoms with E-state index >= 15 is 0 Å². The molecule has 5 heteroatoms. The van der Waals surface area contributed by atoms with Gasteiger partial charge in [-0.25, -0.2) is 0 Å². The molecule has 1 aliphatic rings. The molecule has 0 saturated heterocycles. The van der Waals surface area contributed by atoms with Gasteiger partial charge in [0.1, 0.15) is 0 Å². The Bertz CT molecular complexity index is 453. The van der Waals surface area contributed by atoms with Crippen LogP contribution in [0.25, 0.3) is 0 Å². The Morgan fingerprint density at radius 1 is 1.50 bits per heavy atom. The van der Waals surface area contributed by atoms with Crippen LogP contribution < -0.4 is 5.32 Å². The predicted molar refractivity (Wildman–Crippen MR) is 69.6 cm³/mol. The number of hydrogen-bond acceptors (Lipinski definition) is 3. The first kappa shape index (κ1) is 13.1. The number of hydrogen-bond donors (Lipinski definition) is 2. The third-order valence-corrected chi connectivity index (χ3v) is 4.57. The third-order valence-electron chi connectivity index (χ3n) is 3.34. The van der Waals surface area contributed by atoms with Gasteiger partial charge in [0.25, 0.3) is 0 Å². The van der Waals surface area contributed by atoms with Gasteiger partial charge in [-0.05, 0) is 17.9 Å². The number of aliphatic carboxylic acids is 1. The normalized spacial score (nSPS) is 22.6. The lowest BCUT2D eigenvalue weighted by Crippen LogP contribution is -2.37. The molecular weight excluding hydrogens is 250 g/mol. The topological polar surface area (TPSA) is 66.4 Å². The monoisotopic (exact) mass is 267 g/mol. The predicted octanol–water partition coefficient (Wildman–Crippen LogP) is 1.86. The molecule has 1 amide bonds. The summed E-state index contributed by atoms with van der Waals surface area (Å²) in [6.07, 6.45) is 0.473. The highest BCUT2D eigenvalue weighted by Crippen LogP contribution is 2.38. The van der Waals surface area contributed by atoms with Crippen molar-refractivity contribution in [1.82, 2.24) is 5.32 Å². The summed E-state index contributed by atoms with van der Waals surface area (Å²) in [7, 11) is 0. The van der Waals surface area contributed by atoms with E-state index < -0.39 is 11.9 Å². The van der Waals surface area contributed by atoms with Crippen LogP contribution in [0.4, 0.5) is 0 Å². The largest absolute Gasteiger partial charge is 0.481 e. The van der Waals surface area contributed by atoms with Crippen LogP contribution in [-0.4, -0.2) is 23.5 Å². The molecule has 1 heterocycles. The van der Waals surface area contributed by atoms with Crippen LogP contribution in [0.2, 0.25) is 0 Å². The molecule has 18 heavy (non-hydrogen) atoms. The Hall–Kier alpha value is -1.36. The van der Waals surface area contributed by atoms with Crippen molar-refractivity contribution in [2.24, 2.45) is 11.8 Å².